The van der Waals surface area contributed by atoms with E-state index in [0.29, 0.717) is 11.5 Å². The molecule has 5 heteroatoms. The smallest absolute Gasteiger partial charge is 0.331 e. The molecule has 0 radical (unpaired) electrons. The highest BCUT2D eigenvalue weighted by molar-refractivity contribution is 6.03. The minimum atomic E-state index is -0.417. The molecule has 1 aromatic carbocycles. The molecule has 5 nitrogen and oxygen atoms in total. The summed E-state index contributed by atoms with van der Waals surface area (Å²) in [4.78, 5) is 15.6. The molecule has 0 unspecified atom stereocenters. The van der Waals surface area contributed by atoms with Gasteiger partial charge in [0.05, 0.1) is 19.9 Å². The van der Waals surface area contributed by atoms with Crippen LogP contribution in [-0.4, -0.2) is 25.9 Å². The Hall–Kier alpha value is -2.04. The molecule has 0 aromatic heterocycles. The summed E-state index contributed by atoms with van der Waals surface area (Å²) in [5, 5.41) is 3.93. The van der Waals surface area contributed by atoms with E-state index in [1.165, 1.54) is 6.92 Å². The van der Waals surface area contributed by atoms with Gasteiger partial charge in [-0.3, -0.25) is 0 Å². The molecular weight excluding hydrogens is 246 g/mol. The second kappa shape index (κ2) is 5.73. The van der Waals surface area contributed by atoms with Crippen LogP contribution in [0.5, 0.6) is 11.5 Å². The van der Waals surface area contributed by atoms with Crippen molar-refractivity contribution in [3.8, 4) is 11.5 Å². The number of nitrogens with zero attached hydrogens (tertiary/aromatic N) is 1. The number of aryl methyl sites for hydroxylation is 1. The predicted molar refractivity (Wildman–Crippen MR) is 70.8 cm³/mol. The lowest BCUT2D eigenvalue weighted by Gasteiger charge is -2.19. The Balaban J connectivity index is 2.43. The van der Waals surface area contributed by atoms with Crippen LogP contribution < -0.4 is 9.47 Å². The Morgan fingerprint density at radius 3 is 2.47 bits per heavy atom. The first kappa shape index (κ1) is 13.4. The minimum Gasteiger partial charge on any atom is -0.493 e. The fraction of sp³-hybridized carbons (Fsp3) is 0.429. The SMILES string of the molecule is COc1cc2c(cc1OC)/C(=N/OC(C)=O)CCC2. The fourth-order valence-corrected chi connectivity index (χ4v) is 2.19. The van der Waals surface area contributed by atoms with Crippen molar-refractivity contribution < 1.29 is 19.1 Å². The number of carbonyl (C=O) groups is 1. The topological polar surface area (TPSA) is 57.1 Å². The van der Waals surface area contributed by atoms with E-state index in [-0.39, 0.29) is 0 Å². The fourth-order valence-electron chi connectivity index (χ4n) is 2.19. The monoisotopic (exact) mass is 263 g/mol. The Morgan fingerprint density at radius 2 is 1.84 bits per heavy atom. The van der Waals surface area contributed by atoms with Crippen LogP contribution in [0.2, 0.25) is 0 Å². The summed E-state index contributed by atoms with van der Waals surface area (Å²) in [6.45, 7) is 1.34. The number of oxime groups is 1. The summed E-state index contributed by atoms with van der Waals surface area (Å²) in [5.41, 5.74) is 2.87. The zero-order valence-electron chi connectivity index (χ0n) is 11.4. The van der Waals surface area contributed by atoms with Crippen molar-refractivity contribution in [3.63, 3.8) is 0 Å². The maximum absolute atomic E-state index is 10.8. The highest BCUT2D eigenvalue weighted by Gasteiger charge is 2.20. The van der Waals surface area contributed by atoms with Crippen LogP contribution in [0.25, 0.3) is 0 Å². The van der Waals surface area contributed by atoms with Crippen molar-refractivity contribution in [2.75, 3.05) is 14.2 Å². The third-order valence-electron chi connectivity index (χ3n) is 3.06. The quantitative estimate of drug-likeness (QED) is 0.620. The van der Waals surface area contributed by atoms with Crippen molar-refractivity contribution in [2.45, 2.75) is 26.2 Å². The third-order valence-corrected chi connectivity index (χ3v) is 3.06. The van der Waals surface area contributed by atoms with Gasteiger partial charge in [0.15, 0.2) is 11.5 Å². The van der Waals surface area contributed by atoms with Crippen LogP contribution in [0.4, 0.5) is 0 Å². The maximum atomic E-state index is 10.8. The van der Waals surface area contributed by atoms with Gasteiger partial charge in [-0.25, -0.2) is 4.79 Å². The Labute approximate surface area is 112 Å². The van der Waals surface area contributed by atoms with Gasteiger partial charge < -0.3 is 14.3 Å². The molecule has 1 aliphatic carbocycles. The van der Waals surface area contributed by atoms with E-state index in [1.54, 1.807) is 14.2 Å². The molecule has 0 saturated heterocycles. The molecule has 1 aromatic rings. The number of hydrogen-bond acceptors (Lipinski definition) is 5. The summed E-state index contributed by atoms with van der Waals surface area (Å²) in [6.07, 6.45) is 2.72. The van der Waals surface area contributed by atoms with E-state index in [0.717, 1.165) is 36.1 Å². The maximum Gasteiger partial charge on any atom is 0.331 e. The zero-order chi connectivity index (χ0) is 13.8. The van der Waals surface area contributed by atoms with E-state index in [2.05, 4.69) is 5.16 Å². The minimum absolute atomic E-state index is 0.417. The first-order chi connectivity index (χ1) is 9.15. The number of methoxy groups -OCH3 is 2. The Bertz CT molecular complexity index is 522. The Kier molecular flexibility index (Phi) is 4.04. The van der Waals surface area contributed by atoms with Crippen LogP contribution >= 0.6 is 0 Å². The van der Waals surface area contributed by atoms with Crippen LogP contribution in [-0.2, 0) is 16.1 Å². The summed E-state index contributed by atoms with van der Waals surface area (Å²) < 4.78 is 10.6. The van der Waals surface area contributed by atoms with E-state index in [4.69, 9.17) is 14.3 Å². The summed E-state index contributed by atoms with van der Waals surface area (Å²) in [5.74, 6) is 0.939. The van der Waals surface area contributed by atoms with Crippen molar-refractivity contribution >= 4 is 11.7 Å². The van der Waals surface area contributed by atoms with E-state index in [1.807, 2.05) is 12.1 Å². The number of carbonyl (C=O) groups excluding carboxylic acids is 1. The highest BCUT2D eigenvalue weighted by atomic mass is 16.7. The van der Waals surface area contributed by atoms with Crippen LogP contribution in [0.3, 0.4) is 0 Å². The van der Waals surface area contributed by atoms with Gasteiger partial charge in [0.25, 0.3) is 0 Å². The summed E-state index contributed by atoms with van der Waals surface area (Å²) in [6, 6.07) is 3.84. The normalized spacial score (nSPS) is 15.8. The van der Waals surface area contributed by atoms with E-state index < -0.39 is 5.97 Å². The molecule has 0 spiro atoms. The van der Waals surface area contributed by atoms with Crippen molar-refractivity contribution in [3.05, 3.63) is 23.3 Å². The second-order valence-corrected chi connectivity index (χ2v) is 4.34. The van der Waals surface area contributed by atoms with Gasteiger partial charge in [0.1, 0.15) is 0 Å². The van der Waals surface area contributed by atoms with Crippen LogP contribution in [0, 0.1) is 0 Å². The van der Waals surface area contributed by atoms with Crippen LogP contribution in [0.1, 0.15) is 30.9 Å². The van der Waals surface area contributed by atoms with Gasteiger partial charge >= 0.3 is 5.97 Å². The van der Waals surface area contributed by atoms with E-state index in [9.17, 15) is 4.79 Å². The van der Waals surface area contributed by atoms with Gasteiger partial charge in [0.2, 0.25) is 0 Å². The number of ether oxygens (including phenoxy) is 2. The largest absolute Gasteiger partial charge is 0.493 e. The molecule has 0 saturated carbocycles. The molecule has 19 heavy (non-hydrogen) atoms. The van der Waals surface area contributed by atoms with Gasteiger partial charge in [-0.1, -0.05) is 5.16 Å². The second-order valence-electron chi connectivity index (χ2n) is 4.34. The first-order valence-electron chi connectivity index (χ1n) is 6.15. The van der Waals surface area contributed by atoms with Gasteiger partial charge in [0, 0.05) is 12.5 Å². The number of fused-ring (bicyclic) bond motifs is 1. The molecular formula is C14H17NO4. The molecule has 2 rings (SSSR count). The van der Waals surface area contributed by atoms with E-state index >= 15 is 0 Å². The van der Waals surface area contributed by atoms with Crippen molar-refractivity contribution in [1.82, 2.24) is 0 Å². The molecule has 0 N–H and O–H groups in total. The van der Waals surface area contributed by atoms with Crippen molar-refractivity contribution in [2.24, 2.45) is 5.16 Å². The molecule has 1 aliphatic rings. The van der Waals surface area contributed by atoms with Crippen molar-refractivity contribution in [1.29, 1.82) is 0 Å². The third kappa shape index (κ3) is 2.86. The van der Waals surface area contributed by atoms with Crippen LogP contribution in [0.15, 0.2) is 17.3 Å². The zero-order valence-corrected chi connectivity index (χ0v) is 11.4. The average molecular weight is 263 g/mol. The lowest BCUT2D eigenvalue weighted by molar-refractivity contribution is -0.140. The van der Waals surface area contributed by atoms with Gasteiger partial charge in [-0.05, 0) is 37.0 Å². The Morgan fingerprint density at radius 1 is 1.16 bits per heavy atom. The molecule has 0 fully saturated rings. The van der Waals surface area contributed by atoms with Gasteiger partial charge in [-0.2, -0.15) is 0 Å². The molecule has 102 valence electrons. The molecule has 0 heterocycles. The average Bonchev–Trinajstić information content (AvgIpc) is 2.43. The molecule has 0 bridgehead atoms. The van der Waals surface area contributed by atoms with Gasteiger partial charge in [-0.15, -0.1) is 0 Å². The molecule has 0 amide bonds. The molecule has 0 aliphatic heterocycles. The number of rotatable bonds is 3. The lowest BCUT2D eigenvalue weighted by atomic mass is 9.89. The summed E-state index contributed by atoms with van der Waals surface area (Å²) in [7, 11) is 3.21. The first-order valence-corrected chi connectivity index (χ1v) is 6.15. The molecule has 0 atom stereocenters. The highest BCUT2D eigenvalue weighted by Crippen LogP contribution is 2.34. The predicted octanol–water partition coefficient (Wildman–Crippen LogP) is 2.31. The number of benzene rings is 1. The summed E-state index contributed by atoms with van der Waals surface area (Å²) >= 11 is 0. The lowest BCUT2D eigenvalue weighted by Crippen LogP contribution is -2.13. The standard InChI is InChI=1S/C14H17NO4/c1-9(16)19-15-12-6-4-5-10-7-13(17-2)14(18-3)8-11(10)12/h7-8H,4-6H2,1-3H3/b15-12+. The number of hydrogen-bond donors (Lipinski definition) is 0.